The summed E-state index contributed by atoms with van der Waals surface area (Å²) in [4.78, 5) is -0.165. The van der Waals surface area contributed by atoms with E-state index in [1.165, 1.54) is 56.0 Å². The van der Waals surface area contributed by atoms with Crippen molar-refractivity contribution < 1.29 is 26.1 Å². The lowest BCUT2D eigenvalue weighted by atomic mass is 9.77. The van der Waals surface area contributed by atoms with Gasteiger partial charge >= 0.3 is 6.11 Å². The van der Waals surface area contributed by atoms with Crippen LogP contribution >= 0.6 is 0 Å². The molecule has 0 amide bonds. The van der Waals surface area contributed by atoms with Crippen molar-refractivity contribution >= 4 is 10.1 Å². The largest absolute Gasteiger partial charge is 0.431 e. The fraction of sp³-hybridized carbons (Fsp3) is 0.500. The van der Waals surface area contributed by atoms with Gasteiger partial charge in [-0.25, -0.2) is 0 Å². The molecule has 0 radical (unpaired) electrons. The highest BCUT2D eigenvalue weighted by Gasteiger charge is 2.35. The molecule has 2 aromatic rings. The van der Waals surface area contributed by atoms with E-state index < -0.39 is 22.8 Å². The summed E-state index contributed by atoms with van der Waals surface area (Å²) in [5.41, 5.74) is 1.82. The fourth-order valence-electron chi connectivity index (χ4n) is 4.19. The van der Waals surface area contributed by atoms with E-state index in [1.54, 1.807) is 13.0 Å². The van der Waals surface area contributed by atoms with Crippen LogP contribution in [0.15, 0.2) is 53.4 Å². The quantitative estimate of drug-likeness (QED) is 0.411. The molecule has 1 aliphatic rings. The minimum Gasteiger partial charge on any atom is -0.431 e. The first-order valence-electron chi connectivity index (χ1n) is 10.8. The maximum Gasteiger partial charge on any atom is 0.423 e. The number of ether oxygens (including phenoxy) is 1. The van der Waals surface area contributed by atoms with Crippen molar-refractivity contribution in [2.75, 3.05) is 6.61 Å². The van der Waals surface area contributed by atoms with Crippen molar-refractivity contribution in [3.05, 3.63) is 59.7 Å². The molecule has 0 heterocycles. The number of aryl methyl sites for hydroxylation is 1. The van der Waals surface area contributed by atoms with Gasteiger partial charge in [-0.05, 0) is 79.8 Å². The number of benzene rings is 2. The summed E-state index contributed by atoms with van der Waals surface area (Å²) in [5.74, 6) is 1.23. The van der Waals surface area contributed by atoms with Crippen LogP contribution in [-0.2, 0) is 14.3 Å². The van der Waals surface area contributed by atoms with Crippen molar-refractivity contribution in [1.29, 1.82) is 0 Å². The standard InChI is InChI=1S/C24H30F2O4S/c1-3-5-19-8-10-20(11-9-19)21-12-14-22(15-13-21)30-24(25,26)17-29-31(27,28)23-7-4-6-18(2)16-23/h4,6-7,12-16,19-20H,3,5,8-11,17H2,1-2H3. The van der Waals surface area contributed by atoms with E-state index in [2.05, 4.69) is 11.1 Å². The monoisotopic (exact) mass is 452 g/mol. The minimum absolute atomic E-state index is 0.0232. The summed E-state index contributed by atoms with van der Waals surface area (Å²) in [6, 6.07) is 12.6. The molecule has 1 aliphatic carbocycles. The molecule has 3 rings (SSSR count). The molecule has 1 fully saturated rings. The van der Waals surface area contributed by atoms with Crippen LogP contribution < -0.4 is 4.74 Å². The first-order valence-corrected chi connectivity index (χ1v) is 12.2. The molecule has 0 saturated heterocycles. The van der Waals surface area contributed by atoms with Gasteiger partial charge in [0.2, 0.25) is 0 Å². The SMILES string of the molecule is CCCC1CCC(c2ccc(OC(F)(F)COS(=O)(=O)c3cccc(C)c3)cc2)CC1. The molecule has 4 nitrogen and oxygen atoms in total. The molecule has 170 valence electrons. The molecule has 0 N–H and O–H groups in total. The zero-order valence-corrected chi connectivity index (χ0v) is 18.8. The van der Waals surface area contributed by atoms with Crippen LogP contribution in [-0.4, -0.2) is 21.1 Å². The van der Waals surface area contributed by atoms with Crippen molar-refractivity contribution in [3.63, 3.8) is 0 Å². The summed E-state index contributed by atoms with van der Waals surface area (Å²) in [7, 11) is -4.30. The smallest absolute Gasteiger partial charge is 0.423 e. The Hall–Kier alpha value is -1.99. The second kappa shape index (κ2) is 10.1. The van der Waals surface area contributed by atoms with E-state index in [4.69, 9.17) is 4.74 Å². The van der Waals surface area contributed by atoms with Gasteiger partial charge < -0.3 is 4.74 Å². The number of halogens is 2. The van der Waals surface area contributed by atoms with Gasteiger partial charge in [0.25, 0.3) is 10.1 Å². The number of alkyl halides is 2. The first-order chi connectivity index (χ1) is 14.7. The molecular formula is C24H30F2O4S. The van der Waals surface area contributed by atoms with Crippen molar-refractivity contribution in [3.8, 4) is 5.75 Å². The van der Waals surface area contributed by atoms with Crippen LogP contribution in [0.3, 0.4) is 0 Å². The highest BCUT2D eigenvalue weighted by atomic mass is 32.2. The van der Waals surface area contributed by atoms with E-state index in [-0.39, 0.29) is 10.6 Å². The molecule has 0 unspecified atom stereocenters. The Kier molecular flexibility index (Phi) is 7.70. The van der Waals surface area contributed by atoms with Gasteiger partial charge in [0, 0.05) is 0 Å². The Morgan fingerprint density at radius 3 is 2.32 bits per heavy atom. The third-order valence-electron chi connectivity index (χ3n) is 5.82. The summed E-state index contributed by atoms with van der Waals surface area (Å²) in [6.45, 7) is 2.52. The Morgan fingerprint density at radius 1 is 1.03 bits per heavy atom. The normalized spacial score (nSPS) is 19.9. The van der Waals surface area contributed by atoms with Crippen molar-refractivity contribution in [2.45, 2.75) is 69.3 Å². The fourth-order valence-corrected chi connectivity index (χ4v) is 5.19. The third kappa shape index (κ3) is 6.74. The van der Waals surface area contributed by atoms with Crippen LogP contribution in [0.2, 0.25) is 0 Å². The molecule has 31 heavy (non-hydrogen) atoms. The van der Waals surface area contributed by atoms with Gasteiger partial charge in [-0.3, -0.25) is 4.18 Å². The first kappa shape index (κ1) is 23.7. The highest BCUT2D eigenvalue weighted by molar-refractivity contribution is 7.86. The number of hydrogen-bond donors (Lipinski definition) is 0. The molecule has 0 aromatic heterocycles. The molecule has 0 atom stereocenters. The Morgan fingerprint density at radius 2 is 1.71 bits per heavy atom. The van der Waals surface area contributed by atoms with Gasteiger partial charge in [-0.15, -0.1) is 0 Å². The van der Waals surface area contributed by atoms with E-state index in [9.17, 15) is 17.2 Å². The van der Waals surface area contributed by atoms with Gasteiger partial charge in [0.05, 0.1) is 4.90 Å². The highest BCUT2D eigenvalue weighted by Crippen LogP contribution is 2.38. The average molecular weight is 453 g/mol. The predicted molar refractivity (Wildman–Crippen MR) is 116 cm³/mol. The van der Waals surface area contributed by atoms with Crippen LogP contribution in [0.1, 0.15) is 62.5 Å². The number of hydrogen-bond acceptors (Lipinski definition) is 4. The van der Waals surface area contributed by atoms with E-state index in [1.807, 2.05) is 12.1 Å². The van der Waals surface area contributed by atoms with E-state index >= 15 is 0 Å². The summed E-state index contributed by atoms with van der Waals surface area (Å²) < 4.78 is 62.0. The van der Waals surface area contributed by atoms with Crippen molar-refractivity contribution in [1.82, 2.24) is 0 Å². The van der Waals surface area contributed by atoms with Gasteiger partial charge in [0.15, 0.2) is 6.61 Å². The predicted octanol–water partition coefficient (Wildman–Crippen LogP) is 6.45. The Balaban J connectivity index is 1.55. The second-order valence-corrected chi connectivity index (χ2v) is 9.96. The van der Waals surface area contributed by atoms with Gasteiger partial charge in [-0.2, -0.15) is 17.2 Å². The van der Waals surface area contributed by atoms with E-state index in [0.717, 1.165) is 24.3 Å². The van der Waals surface area contributed by atoms with Gasteiger partial charge in [-0.1, -0.05) is 44.0 Å². The zero-order valence-electron chi connectivity index (χ0n) is 18.0. The molecule has 0 spiro atoms. The van der Waals surface area contributed by atoms with Crippen LogP contribution in [0, 0.1) is 12.8 Å². The van der Waals surface area contributed by atoms with Crippen LogP contribution in [0.5, 0.6) is 5.75 Å². The van der Waals surface area contributed by atoms with Crippen molar-refractivity contribution in [2.24, 2.45) is 5.92 Å². The lowest BCUT2D eigenvalue weighted by Crippen LogP contribution is -2.32. The second-order valence-electron chi connectivity index (χ2n) is 8.35. The lowest BCUT2D eigenvalue weighted by Gasteiger charge is -2.28. The lowest BCUT2D eigenvalue weighted by molar-refractivity contribution is -0.194. The summed E-state index contributed by atoms with van der Waals surface area (Å²) >= 11 is 0. The van der Waals surface area contributed by atoms with Crippen LogP contribution in [0.4, 0.5) is 8.78 Å². The average Bonchev–Trinajstić information content (AvgIpc) is 2.74. The summed E-state index contributed by atoms with van der Waals surface area (Å²) in [6.07, 6.45) is 3.36. The maximum atomic E-state index is 14.2. The van der Waals surface area contributed by atoms with Crippen LogP contribution in [0.25, 0.3) is 0 Å². The molecule has 1 saturated carbocycles. The Bertz CT molecular complexity index is 950. The summed E-state index contributed by atoms with van der Waals surface area (Å²) in [5, 5.41) is 0. The minimum atomic E-state index is -4.30. The van der Waals surface area contributed by atoms with E-state index in [0.29, 0.717) is 11.5 Å². The van der Waals surface area contributed by atoms with Gasteiger partial charge in [0.1, 0.15) is 5.75 Å². The topological polar surface area (TPSA) is 52.6 Å². The molecular weight excluding hydrogens is 422 g/mol. The number of rotatable bonds is 9. The zero-order chi connectivity index (χ0) is 22.5. The maximum absolute atomic E-state index is 14.2. The molecule has 7 heteroatoms. The molecule has 2 aromatic carbocycles. The molecule has 0 bridgehead atoms. The third-order valence-corrected chi connectivity index (χ3v) is 7.08. The molecule has 0 aliphatic heterocycles. The Labute approximate surface area is 183 Å².